The fourth-order valence-corrected chi connectivity index (χ4v) is 5.39. The molecule has 1 amide bonds. The van der Waals surface area contributed by atoms with Gasteiger partial charge in [-0.2, -0.15) is 0 Å². The molecule has 1 fully saturated rings. The molecule has 6 heteroatoms. The van der Waals surface area contributed by atoms with Crippen molar-refractivity contribution in [2.24, 2.45) is 4.99 Å². The highest BCUT2D eigenvalue weighted by Gasteiger charge is 2.38. The molecule has 0 radical (unpaired) electrons. The Morgan fingerprint density at radius 2 is 1.77 bits per heavy atom. The van der Waals surface area contributed by atoms with Crippen LogP contribution in [-0.2, 0) is 4.79 Å². The molecule has 0 bridgehead atoms. The summed E-state index contributed by atoms with van der Waals surface area (Å²) in [6.07, 6.45) is 0. The van der Waals surface area contributed by atoms with Crippen LogP contribution in [0.15, 0.2) is 68.4 Å². The molecule has 0 N–H and O–H groups in total. The Hall–Kier alpha value is -2.18. The lowest BCUT2D eigenvalue weighted by molar-refractivity contribution is -0.122. The van der Waals surface area contributed by atoms with Crippen molar-refractivity contribution in [2.45, 2.75) is 18.7 Å². The Balaban J connectivity index is 1.75. The average Bonchev–Trinajstić information content (AvgIpc) is 3.14. The summed E-state index contributed by atoms with van der Waals surface area (Å²) in [4.78, 5) is 23.6. The number of anilines is 1. The topological polar surface area (TPSA) is 35.9 Å². The number of likely N-dealkylation sites (N-methyl/N-ethyl adjacent to an activating group) is 1. The Morgan fingerprint density at radius 3 is 2.50 bits per heavy atom. The first-order valence-corrected chi connectivity index (χ1v) is 10.1. The van der Waals surface area contributed by atoms with E-state index in [2.05, 4.69) is 17.0 Å². The van der Waals surface area contributed by atoms with Gasteiger partial charge in [0.25, 0.3) is 5.91 Å². The van der Waals surface area contributed by atoms with Gasteiger partial charge in [-0.15, -0.1) is 0 Å². The van der Waals surface area contributed by atoms with Crippen molar-refractivity contribution in [3.63, 3.8) is 0 Å². The first-order valence-electron chi connectivity index (χ1n) is 8.49. The maximum Gasteiger partial charge on any atom is 0.269 e. The monoisotopic (exact) mass is 381 g/mol. The van der Waals surface area contributed by atoms with Crippen LogP contribution in [-0.4, -0.2) is 29.6 Å². The molecule has 2 aliphatic heterocycles. The Kier molecular flexibility index (Phi) is 4.54. The van der Waals surface area contributed by atoms with Gasteiger partial charge < -0.3 is 4.90 Å². The van der Waals surface area contributed by atoms with E-state index in [0.717, 1.165) is 32.0 Å². The molecule has 0 unspecified atom stereocenters. The number of carbonyl (C=O) groups is 1. The van der Waals surface area contributed by atoms with Crippen LogP contribution in [0.4, 0.5) is 11.4 Å². The third-order valence-corrected chi connectivity index (χ3v) is 6.88. The second-order valence-electron chi connectivity index (χ2n) is 6.10. The van der Waals surface area contributed by atoms with Gasteiger partial charge in [0, 0.05) is 18.5 Å². The minimum absolute atomic E-state index is 0.0343. The molecular weight excluding hydrogens is 362 g/mol. The number of hydrogen-bond donors (Lipinski definition) is 0. The number of rotatable bonds is 2. The fourth-order valence-electron chi connectivity index (χ4n) is 2.99. The van der Waals surface area contributed by atoms with Crippen LogP contribution in [0.2, 0.25) is 0 Å². The van der Waals surface area contributed by atoms with Crippen molar-refractivity contribution in [1.82, 2.24) is 4.90 Å². The highest BCUT2D eigenvalue weighted by molar-refractivity contribution is 8.19. The van der Waals surface area contributed by atoms with Gasteiger partial charge in [0.05, 0.1) is 16.4 Å². The lowest BCUT2D eigenvalue weighted by Crippen LogP contribution is -2.29. The fraction of sp³-hybridized carbons (Fsp3) is 0.200. The number of benzene rings is 2. The zero-order chi connectivity index (χ0) is 18.3. The van der Waals surface area contributed by atoms with E-state index in [9.17, 15) is 4.79 Å². The zero-order valence-electron chi connectivity index (χ0n) is 14.9. The predicted molar refractivity (Wildman–Crippen MR) is 111 cm³/mol. The molecule has 4 nitrogen and oxygen atoms in total. The maximum absolute atomic E-state index is 13.0. The molecule has 2 heterocycles. The van der Waals surface area contributed by atoms with E-state index < -0.39 is 0 Å². The number of hydrogen-bond acceptors (Lipinski definition) is 5. The van der Waals surface area contributed by atoms with Gasteiger partial charge in [-0.1, -0.05) is 42.1 Å². The number of aliphatic imine (C=N–C) groups is 1. The van der Waals surface area contributed by atoms with E-state index in [4.69, 9.17) is 4.99 Å². The Labute approximate surface area is 162 Å². The van der Waals surface area contributed by atoms with Crippen molar-refractivity contribution >= 4 is 46.0 Å². The highest BCUT2D eigenvalue weighted by atomic mass is 32.2. The molecule has 0 saturated carbocycles. The average molecular weight is 382 g/mol. The number of aryl methyl sites for hydroxylation is 1. The van der Waals surface area contributed by atoms with Crippen molar-refractivity contribution in [3.8, 4) is 0 Å². The summed E-state index contributed by atoms with van der Waals surface area (Å²) in [5.41, 5.74) is 3.15. The lowest BCUT2D eigenvalue weighted by Gasteiger charge is -2.15. The van der Waals surface area contributed by atoms with Crippen molar-refractivity contribution in [1.29, 1.82) is 0 Å². The molecule has 2 aromatic carbocycles. The third-order valence-electron chi connectivity index (χ3n) is 4.44. The van der Waals surface area contributed by atoms with E-state index >= 15 is 0 Å². The SMILES string of the molecule is CCN1C(=O)/C(=C2/Sc3ccccc3N2C)SC1=Nc1ccccc1C. The summed E-state index contributed by atoms with van der Waals surface area (Å²) in [7, 11) is 2.02. The first kappa shape index (κ1) is 17.2. The van der Waals surface area contributed by atoms with Gasteiger partial charge in [0.15, 0.2) is 5.17 Å². The van der Waals surface area contributed by atoms with E-state index in [1.165, 1.54) is 16.7 Å². The Bertz CT molecular complexity index is 952. The quantitative estimate of drug-likeness (QED) is 0.687. The molecule has 0 aliphatic carbocycles. The minimum Gasteiger partial charge on any atom is -0.337 e. The third kappa shape index (κ3) is 2.83. The molecular formula is C20H19N3OS2. The maximum atomic E-state index is 13.0. The van der Waals surface area contributed by atoms with E-state index in [0.29, 0.717) is 6.54 Å². The smallest absolute Gasteiger partial charge is 0.269 e. The van der Waals surface area contributed by atoms with Crippen molar-refractivity contribution in [2.75, 3.05) is 18.5 Å². The summed E-state index contributed by atoms with van der Waals surface area (Å²) in [5, 5.41) is 1.73. The van der Waals surface area contributed by atoms with Crippen LogP contribution in [0, 0.1) is 6.92 Å². The molecule has 2 aromatic rings. The number of thioether (sulfide) groups is 2. The summed E-state index contributed by atoms with van der Waals surface area (Å²) in [5.74, 6) is 0.0343. The van der Waals surface area contributed by atoms with E-state index in [1.807, 2.05) is 57.3 Å². The number of amidine groups is 1. The first-order chi connectivity index (χ1) is 12.6. The molecule has 4 rings (SSSR count). The van der Waals surface area contributed by atoms with Crippen molar-refractivity contribution in [3.05, 3.63) is 64.0 Å². The van der Waals surface area contributed by atoms with E-state index in [-0.39, 0.29) is 5.91 Å². The van der Waals surface area contributed by atoms with E-state index in [1.54, 1.807) is 16.7 Å². The number of fused-ring (bicyclic) bond motifs is 1. The molecule has 0 atom stereocenters. The van der Waals surface area contributed by atoms with Gasteiger partial charge >= 0.3 is 0 Å². The van der Waals surface area contributed by atoms with Crippen LogP contribution in [0.25, 0.3) is 0 Å². The zero-order valence-corrected chi connectivity index (χ0v) is 16.5. The molecule has 1 saturated heterocycles. The number of nitrogens with zero attached hydrogens (tertiary/aromatic N) is 3. The lowest BCUT2D eigenvalue weighted by atomic mass is 10.2. The van der Waals surface area contributed by atoms with Gasteiger partial charge in [0.1, 0.15) is 4.91 Å². The van der Waals surface area contributed by atoms with Crippen LogP contribution in [0.5, 0.6) is 0 Å². The summed E-state index contributed by atoms with van der Waals surface area (Å²) in [6.45, 7) is 4.63. The molecule has 0 spiro atoms. The van der Waals surface area contributed by atoms with Gasteiger partial charge in [-0.3, -0.25) is 9.69 Å². The van der Waals surface area contributed by atoms with Crippen LogP contribution < -0.4 is 4.90 Å². The van der Waals surface area contributed by atoms with Crippen LogP contribution in [0.1, 0.15) is 12.5 Å². The molecule has 26 heavy (non-hydrogen) atoms. The normalized spacial score (nSPS) is 21.0. The largest absolute Gasteiger partial charge is 0.337 e. The number of amides is 1. The molecule has 0 aromatic heterocycles. The minimum atomic E-state index is 0.0343. The Morgan fingerprint density at radius 1 is 1.04 bits per heavy atom. The summed E-state index contributed by atoms with van der Waals surface area (Å²) in [6, 6.07) is 16.2. The number of carbonyl (C=O) groups excluding carboxylic acids is 1. The van der Waals surface area contributed by atoms with Gasteiger partial charge in [-0.25, -0.2) is 4.99 Å². The van der Waals surface area contributed by atoms with Gasteiger partial charge in [0.2, 0.25) is 0 Å². The number of para-hydroxylation sites is 2. The van der Waals surface area contributed by atoms with Crippen molar-refractivity contribution < 1.29 is 4.79 Å². The van der Waals surface area contributed by atoms with Crippen LogP contribution in [0.3, 0.4) is 0 Å². The van der Waals surface area contributed by atoms with Gasteiger partial charge in [-0.05, 0) is 49.4 Å². The molecule has 132 valence electrons. The van der Waals surface area contributed by atoms with Crippen LogP contribution >= 0.6 is 23.5 Å². The standard InChI is InChI=1S/C20H19N3OS2/c1-4-23-18(24)17(19-22(3)15-11-7-8-12-16(15)25-19)26-20(23)21-14-10-6-5-9-13(14)2/h5-12H,4H2,1-3H3/b19-17-,21-20?. The highest BCUT2D eigenvalue weighted by Crippen LogP contribution is 2.49. The predicted octanol–water partition coefficient (Wildman–Crippen LogP) is 4.99. The second kappa shape index (κ2) is 6.85. The molecule has 2 aliphatic rings. The summed E-state index contributed by atoms with van der Waals surface area (Å²) < 4.78 is 0. The second-order valence-corrected chi connectivity index (χ2v) is 8.10. The summed E-state index contributed by atoms with van der Waals surface area (Å²) >= 11 is 3.12.